The predicted octanol–water partition coefficient (Wildman–Crippen LogP) is 4.36. The normalized spacial score (nSPS) is 27.2. The zero-order valence-electron chi connectivity index (χ0n) is 15.9. The standard InChI is InChI=1S/C18H32ClNO4/c1-7-9-14-13(2)12-18(10-8-11-19,15(21)23-6)20(14)16(22)24-17(3,4)5/h13-14H,7-12H2,1-6H3/t13-,14-,18+/m0/s1. The van der Waals surface area contributed by atoms with E-state index in [9.17, 15) is 9.59 Å². The highest BCUT2D eigenvalue weighted by Crippen LogP contribution is 2.44. The number of hydrogen-bond donors (Lipinski definition) is 0. The summed E-state index contributed by atoms with van der Waals surface area (Å²) in [6.07, 6.45) is 3.04. The molecule has 0 bridgehead atoms. The van der Waals surface area contributed by atoms with E-state index in [0.717, 1.165) is 12.8 Å². The third-order valence-electron chi connectivity index (χ3n) is 4.57. The minimum atomic E-state index is -0.981. The molecular formula is C18H32ClNO4. The van der Waals surface area contributed by atoms with Gasteiger partial charge in [0.05, 0.1) is 7.11 Å². The summed E-state index contributed by atoms with van der Waals surface area (Å²) in [4.78, 5) is 27.3. The number of amides is 1. The molecule has 0 N–H and O–H groups in total. The number of carbonyl (C=O) groups excluding carboxylic acids is 2. The van der Waals surface area contributed by atoms with E-state index in [1.165, 1.54) is 7.11 Å². The fraction of sp³-hybridized carbons (Fsp3) is 0.889. The maximum atomic E-state index is 13.0. The van der Waals surface area contributed by atoms with Crippen molar-refractivity contribution in [3.05, 3.63) is 0 Å². The smallest absolute Gasteiger partial charge is 0.411 e. The SMILES string of the molecule is CCC[C@H]1[C@@H](C)C[C@](CCCCl)(C(=O)OC)N1C(=O)OC(C)(C)C. The van der Waals surface area contributed by atoms with Gasteiger partial charge in [-0.3, -0.25) is 4.90 Å². The monoisotopic (exact) mass is 361 g/mol. The van der Waals surface area contributed by atoms with Crippen molar-refractivity contribution in [3.63, 3.8) is 0 Å². The molecule has 1 heterocycles. The van der Waals surface area contributed by atoms with Crippen LogP contribution < -0.4 is 0 Å². The molecule has 0 aromatic carbocycles. The fourth-order valence-electron chi connectivity index (χ4n) is 3.73. The fourth-order valence-corrected chi connectivity index (χ4v) is 3.86. The van der Waals surface area contributed by atoms with Gasteiger partial charge in [0.2, 0.25) is 0 Å². The molecule has 5 nitrogen and oxygen atoms in total. The number of halogens is 1. The summed E-state index contributed by atoms with van der Waals surface area (Å²) in [7, 11) is 1.37. The summed E-state index contributed by atoms with van der Waals surface area (Å²) in [5, 5.41) is 0. The lowest BCUT2D eigenvalue weighted by molar-refractivity contribution is -0.154. The number of rotatable bonds is 6. The number of hydrogen-bond acceptors (Lipinski definition) is 4. The number of alkyl halides is 1. The summed E-state index contributed by atoms with van der Waals surface area (Å²) in [6.45, 7) is 9.66. The predicted molar refractivity (Wildman–Crippen MR) is 95.3 cm³/mol. The van der Waals surface area contributed by atoms with Crippen LogP contribution in [0, 0.1) is 5.92 Å². The highest BCUT2D eigenvalue weighted by molar-refractivity contribution is 6.17. The molecule has 1 amide bonds. The van der Waals surface area contributed by atoms with Crippen LogP contribution in [0.3, 0.4) is 0 Å². The number of nitrogens with zero attached hydrogens (tertiary/aromatic N) is 1. The zero-order valence-corrected chi connectivity index (χ0v) is 16.6. The molecule has 0 spiro atoms. The quantitative estimate of drug-likeness (QED) is 0.521. The van der Waals surface area contributed by atoms with E-state index in [0.29, 0.717) is 25.1 Å². The first-order valence-electron chi connectivity index (χ1n) is 8.79. The van der Waals surface area contributed by atoms with Crippen LogP contribution in [-0.4, -0.2) is 47.1 Å². The Bertz CT molecular complexity index is 449. The molecule has 1 fully saturated rings. The van der Waals surface area contributed by atoms with Gasteiger partial charge in [0.15, 0.2) is 0 Å². The molecule has 1 rings (SSSR count). The van der Waals surface area contributed by atoms with Gasteiger partial charge in [-0.1, -0.05) is 20.3 Å². The highest BCUT2D eigenvalue weighted by atomic mass is 35.5. The second kappa shape index (κ2) is 8.41. The van der Waals surface area contributed by atoms with Gasteiger partial charge in [-0.25, -0.2) is 9.59 Å². The first-order valence-corrected chi connectivity index (χ1v) is 9.33. The first kappa shape index (κ1) is 21.1. The van der Waals surface area contributed by atoms with Crippen molar-refractivity contribution in [1.82, 2.24) is 4.90 Å². The number of carbonyl (C=O) groups is 2. The number of ether oxygens (including phenoxy) is 2. The molecule has 0 saturated carbocycles. The van der Waals surface area contributed by atoms with Crippen LogP contribution in [0.5, 0.6) is 0 Å². The topological polar surface area (TPSA) is 55.8 Å². The molecule has 1 aliphatic rings. The lowest BCUT2D eigenvalue weighted by atomic mass is 9.87. The van der Waals surface area contributed by atoms with E-state index in [1.807, 2.05) is 20.8 Å². The third-order valence-corrected chi connectivity index (χ3v) is 4.84. The first-order chi connectivity index (χ1) is 11.1. The van der Waals surface area contributed by atoms with Gasteiger partial charge in [-0.05, 0) is 52.4 Å². The van der Waals surface area contributed by atoms with Crippen molar-refractivity contribution < 1.29 is 19.1 Å². The van der Waals surface area contributed by atoms with Gasteiger partial charge in [0, 0.05) is 11.9 Å². The lowest BCUT2D eigenvalue weighted by Crippen LogP contribution is -2.57. The van der Waals surface area contributed by atoms with Crippen LogP contribution in [-0.2, 0) is 14.3 Å². The Morgan fingerprint density at radius 1 is 1.33 bits per heavy atom. The van der Waals surface area contributed by atoms with Crippen LogP contribution in [0.15, 0.2) is 0 Å². The van der Waals surface area contributed by atoms with Gasteiger partial charge in [-0.2, -0.15) is 0 Å². The molecule has 24 heavy (non-hydrogen) atoms. The average molecular weight is 362 g/mol. The van der Waals surface area contributed by atoms with E-state index in [2.05, 4.69) is 13.8 Å². The Hall–Kier alpha value is -0.970. The molecule has 1 saturated heterocycles. The van der Waals surface area contributed by atoms with E-state index < -0.39 is 17.2 Å². The minimum Gasteiger partial charge on any atom is -0.467 e. The van der Waals surface area contributed by atoms with Crippen LogP contribution in [0.4, 0.5) is 4.79 Å². The summed E-state index contributed by atoms with van der Waals surface area (Å²) in [5.41, 5.74) is -1.60. The van der Waals surface area contributed by atoms with Crippen LogP contribution in [0.25, 0.3) is 0 Å². The Morgan fingerprint density at radius 3 is 2.42 bits per heavy atom. The molecule has 0 aromatic heterocycles. The molecule has 0 radical (unpaired) electrons. The van der Waals surface area contributed by atoms with Gasteiger partial charge in [0.25, 0.3) is 0 Å². The van der Waals surface area contributed by atoms with Crippen molar-refractivity contribution in [1.29, 1.82) is 0 Å². The Kier molecular flexibility index (Phi) is 7.39. The largest absolute Gasteiger partial charge is 0.467 e. The van der Waals surface area contributed by atoms with Crippen LogP contribution in [0.2, 0.25) is 0 Å². The number of likely N-dealkylation sites (tertiary alicyclic amines) is 1. The molecule has 140 valence electrons. The molecule has 0 aliphatic carbocycles. The van der Waals surface area contributed by atoms with Crippen molar-refractivity contribution in [2.24, 2.45) is 5.92 Å². The van der Waals surface area contributed by atoms with Crippen molar-refractivity contribution in [2.75, 3.05) is 13.0 Å². The van der Waals surface area contributed by atoms with E-state index in [4.69, 9.17) is 21.1 Å². The lowest BCUT2D eigenvalue weighted by Gasteiger charge is -2.39. The molecule has 6 heteroatoms. The maximum absolute atomic E-state index is 13.0. The van der Waals surface area contributed by atoms with E-state index in [-0.39, 0.29) is 17.9 Å². The van der Waals surface area contributed by atoms with E-state index in [1.54, 1.807) is 4.90 Å². The molecular weight excluding hydrogens is 330 g/mol. The Morgan fingerprint density at radius 2 is 1.96 bits per heavy atom. The minimum absolute atomic E-state index is 0.0284. The van der Waals surface area contributed by atoms with E-state index >= 15 is 0 Å². The molecule has 0 aromatic rings. The van der Waals surface area contributed by atoms with Gasteiger partial charge in [0.1, 0.15) is 11.1 Å². The molecule has 1 aliphatic heterocycles. The van der Waals surface area contributed by atoms with Crippen LogP contribution in [0.1, 0.15) is 66.7 Å². The van der Waals surface area contributed by atoms with Gasteiger partial charge < -0.3 is 9.47 Å². The number of methoxy groups -OCH3 is 1. The van der Waals surface area contributed by atoms with Gasteiger partial charge >= 0.3 is 12.1 Å². The van der Waals surface area contributed by atoms with Crippen molar-refractivity contribution in [3.8, 4) is 0 Å². The van der Waals surface area contributed by atoms with Crippen LogP contribution >= 0.6 is 11.6 Å². The Labute approximate surface area is 151 Å². The number of esters is 1. The maximum Gasteiger partial charge on any atom is 0.411 e. The average Bonchev–Trinajstić information content (AvgIpc) is 2.76. The van der Waals surface area contributed by atoms with Crippen molar-refractivity contribution in [2.45, 2.75) is 83.9 Å². The van der Waals surface area contributed by atoms with Crippen molar-refractivity contribution >= 4 is 23.7 Å². The molecule has 3 atom stereocenters. The third kappa shape index (κ3) is 4.56. The molecule has 0 unspecified atom stereocenters. The summed E-state index contributed by atoms with van der Waals surface area (Å²) in [6, 6.07) is -0.0284. The summed E-state index contributed by atoms with van der Waals surface area (Å²) < 4.78 is 10.7. The summed E-state index contributed by atoms with van der Waals surface area (Å²) in [5.74, 6) is 0.268. The summed E-state index contributed by atoms with van der Waals surface area (Å²) >= 11 is 5.87. The second-order valence-electron chi connectivity index (χ2n) is 7.70. The second-order valence-corrected chi connectivity index (χ2v) is 8.08. The Balaban J connectivity index is 3.29. The van der Waals surface area contributed by atoms with Gasteiger partial charge in [-0.15, -0.1) is 11.6 Å². The zero-order chi connectivity index (χ0) is 18.5. The highest BCUT2D eigenvalue weighted by Gasteiger charge is 2.57.